The van der Waals surface area contributed by atoms with Crippen molar-refractivity contribution in [1.29, 1.82) is 0 Å². The molecule has 0 aliphatic carbocycles. The van der Waals surface area contributed by atoms with Crippen LogP contribution < -0.4 is 0 Å². The van der Waals surface area contributed by atoms with Crippen LogP contribution in [0.3, 0.4) is 0 Å². The Labute approximate surface area is 148 Å². The zero-order valence-corrected chi connectivity index (χ0v) is 15.7. The van der Waals surface area contributed by atoms with E-state index in [0.717, 1.165) is 55.9 Å². The average molecular weight is 348 g/mol. The molecule has 0 saturated carbocycles. The van der Waals surface area contributed by atoms with E-state index >= 15 is 0 Å². The molecule has 7 heteroatoms. The minimum atomic E-state index is -0.262. The van der Waals surface area contributed by atoms with Gasteiger partial charge in [0.15, 0.2) is 0 Å². The minimum Gasteiger partial charge on any atom is -0.361 e. The van der Waals surface area contributed by atoms with Crippen LogP contribution in [0.5, 0.6) is 0 Å². The lowest BCUT2D eigenvalue weighted by molar-refractivity contribution is -0.143. The molecular weight excluding hydrogens is 320 g/mol. The van der Waals surface area contributed by atoms with Crippen LogP contribution >= 0.6 is 0 Å². The molecule has 0 radical (unpaired) electrons. The molecule has 2 saturated heterocycles. The van der Waals surface area contributed by atoms with Crippen molar-refractivity contribution in [3.8, 4) is 0 Å². The summed E-state index contributed by atoms with van der Waals surface area (Å²) in [7, 11) is 3.46. The first-order valence-electron chi connectivity index (χ1n) is 8.96. The fraction of sp³-hybridized carbons (Fsp3) is 0.722. The second kappa shape index (κ2) is 6.78. The van der Waals surface area contributed by atoms with E-state index in [2.05, 4.69) is 10.1 Å². The fourth-order valence-electron chi connectivity index (χ4n) is 3.90. The predicted octanol–water partition coefficient (Wildman–Crippen LogP) is 1.19. The van der Waals surface area contributed by atoms with E-state index < -0.39 is 0 Å². The van der Waals surface area contributed by atoms with Crippen LogP contribution in [0, 0.1) is 19.3 Å². The molecule has 3 rings (SSSR count). The van der Waals surface area contributed by atoms with Crippen molar-refractivity contribution in [2.24, 2.45) is 5.41 Å². The molecule has 2 aliphatic heterocycles. The third-order valence-electron chi connectivity index (χ3n) is 5.80. The van der Waals surface area contributed by atoms with Crippen molar-refractivity contribution >= 4 is 11.8 Å². The van der Waals surface area contributed by atoms with E-state index in [1.807, 2.05) is 13.8 Å². The van der Waals surface area contributed by atoms with Crippen molar-refractivity contribution in [3.05, 3.63) is 17.0 Å². The molecule has 2 aliphatic rings. The van der Waals surface area contributed by atoms with Crippen LogP contribution in [0.2, 0.25) is 0 Å². The lowest BCUT2D eigenvalue weighted by Crippen LogP contribution is -2.46. The standard InChI is InChI=1S/C18H28N4O3/c1-13-15(14(2)25-19-13)11-21-8-5-18(6-9-21)7-10-22(17(18)24)12-16(23)20(3)4/h5-12H2,1-4H3. The fourth-order valence-corrected chi connectivity index (χ4v) is 3.90. The molecule has 7 nitrogen and oxygen atoms in total. The second-order valence-electron chi connectivity index (χ2n) is 7.62. The van der Waals surface area contributed by atoms with Gasteiger partial charge < -0.3 is 14.3 Å². The van der Waals surface area contributed by atoms with E-state index in [-0.39, 0.29) is 23.8 Å². The lowest BCUT2D eigenvalue weighted by atomic mass is 9.77. The zero-order valence-electron chi connectivity index (χ0n) is 15.7. The molecule has 138 valence electrons. The van der Waals surface area contributed by atoms with E-state index in [4.69, 9.17) is 4.52 Å². The minimum absolute atomic E-state index is 0.0127. The summed E-state index contributed by atoms with van der Waals surface area (Å²) in [5.74, 6) is 1.03. The van der Waals surface area contributed by atoms with Crippen molar-refractivity contribution in [2.45, 2.75) is 39.7 Å². The van der Waals surface area contributed by atoms with Crippen molar-refractivity contribution < 1.29 is 14.1 Å². The Kier molecular flexibility index (Phi) is 4.86. The Balaban J connectivity index is 1.58. The first-order chi connectivity index (χ1) is 11.8. The van der Waals surface area contributed by atoms with Crippen LogP contribution in [0.4, 0.5) is 0 Å². The number of aromatic nitrogens is 1. The third kappa shape index (κ3) is 3.42. The van der Waals surface area contributed by atoms with Crippen LogP contribution in [-0.2, 0) is 16.1 Å². The number of hydrogen-bond donors (Lipinski definition) is 0. The lowest BCUT2D eigenvalue weighted by Gasteiger charge is -2.38. The Morgan fingerprint density at radius 2 is 1.84 bits per heavy atom. The molecule has 0 aromatic carbocycles. The summed E-state index contributed by atoms with van der Waals surface area (Å²) in [5, 5.41) is 4.02. The molecule has 0 N–H and O–H groups in total. The molecule has 1 spiro atoms. The normalized spacial score (nSPS) is 20.5. The Morgan fingerprint density at radius 1 is 1.20 bits per heavy atom. The predicted molar refractivity (Wildman–Crippen MR) is 92.8 cm³/mol. The summed E-state index contributed by atoms with van der Waals surface area (Å²) in [6, 6.07) is 0. The number of carbonyl (C=O) groups is 2. The van der Waals surface area contributed by atoms with Gasteiger partial charge in [-0.2, -0.15) is 0 Å². The number of piperidine rings is 1. The van der Waals surface area contributed by atoms with Gasteiger partial charge in [-0.3, -0.25) is 14.5 Å². The molecule has 0 atom stereocenters. The highest BCUT2D eigenvalue weighted by Gasteiger charge is 2.48. The Bertz CT molecular complexity index is 640. The maximum absolute atomic E-state index is 12.9. The number of rotatable bonds is 4. The van der Waals surface area contributed by atoms with Crippen LogP contribution in [0.1, 0.15) is 36.3 Å². The Hall–Kier alpha value is -1.89. The average Bonchev–Trinajstić information content (AvgIpc) is 3.05. The quantitative estimate of drug-likeness (QED) is 0.818. The maximum atomic E-state index is 12.9. The van der Waals surface area contributed by atoms with Crippen LogP contribution in [0.15, 0.2) is 4.52 Å². The molecule has 1 aromatic rings. The summed E-state index contributed by atoms with van der Waals surface area (Å²) in [5.41, 5.74) is 1.84. The topological polar surface area (TPSA) is 69.9 Å². The van der Waals surface area contributed by atoms with Crippen molar-refractivity contribution in [3.63, 3.8) is 0 Å². The second-order valence-corrected chi connectivity index (χ2v) is 7.62. The summed E-state index contributed by atoms with van der Waals surface area (Å²) in [6.07, 6.45) is 2.59. The molecule has 25 heavy (non-hydrogen) atoms. The molecule has 3 heterocycles. The van der Waals surface area contributed by atoms with E-state index in [1.54, 1.807) is 23.9 Å². The monoisotopic (exact) mass is 348 g/mol. The highest BCUT2D eigenvalue weighted by molar-refractivity contribution is 5.89. The van der Waals surface area contributed by atoms with E-state index in [0.29, 0.717) is 6.54 Å². The largest absolute Gasteiger partial charge is 0.361 e. The van der Waals surface area contributed by atoms with Crippen LogP contribution in [0.25, 0.3) is 0 Å². The van der Waals surface area contributed by atoms with E-state index in [1.165, 1.54) is 0 Å². The van der Waals surface area contributed by atoms with Crippen LogP contribution in [-0.4, -0.2) is 71.9 Å². The summed E-state index contributed by atoms with van der Waals surface area (Å²) in [6.45, 7) is 7.43. The van der Waals surface area contributed by atoms with Gasteiger partial charge in [0.1, 0.15) is 5.76 Å². The van der Waals surface area contributed by atoms with Gasteiger partial charge in [0.05, 0.1) is 17.7 Å². The highest BCUT2D eigenvalue weighted by atomic mass is 16.5. The van der Waals surface area contributed by atoms with Gasteiger partial charge in [-0.1, -0.05) is 5.16 Å². The first-order valence-corrected chi connectivity index (χ1v) is 8.96. The van der Waals surface area contributed by atoms with E-state index in [9.17, 15) is 9.59 Å². The van der Waals surface area contributed by atoms with Gasteiger partial charge in [-0.25, -0.2) is 0 Å². The number of aryl methyl sites for hydroxylation is 2. The SMILES string of the molecule is Cc1noc(C)c1CN1CCC2(CC1)CCN(CC(=O)N(C)C)C2=O. The van der Waals surface area contributed by atoms with Crippen molar-refractivity contribution in [1.82, 2.24) is 19.9 Å². The summed E-state index contributed by atoms with van der Waals surface area (Å²) in [4.78, 5) is 30.5. The zero-order chi connectivity index (χ0) is 18.2. The molecule has 1 aromatic heterocycles. The van der Waals surface area contributed by atoms with Gasteiger partial charge in [-0.15, -0.1) is 0 Å². The number of nitrogens with zero attached hydrogens (tertiary/aromatic N) is 4. The van der Waals surface area contributed by atoms with Gasteiger partial charge in [0.25, 0.3) is 0 Å². The molecule has 2 fully saturated rings. The number of likely N-dealkylation sites (N-methyl/N-ethyl adjacent to an activating group) is 1. The van der Waals surface area contributed by atoms with Gasteiger partial charge in [0, 0.05) is 32.7 Å². The molecule has 2 amide bonds. The maximum Gasteiger partial charge on any atom is 0.241 e. The molecule has 0 bridgehead atoms. The smallest absolute Gasteiger partial charge is 0.241 e. The third-order valence-corrected chi connectivity index (χ3v) is 5.80. The summed E-state index contributed by atoms with van der Waals surface area (Å²) < 4.78 is 5.24. The highest BCUT2D eigenvalue weighted by Crippen LogP contribution is 2.41. The molecular formula is C18H28N4O3. The summed E-state index contributed by atoms with van der Waals surface area (Å²) >= 11 is 0. The van der Waals surface area contributed by atoms with Gasteiger partial charge >= 0.3 is 0 Å². The number of amides is 2. The van der Waals surface area contributed by atoms with Gasteiger partial charge in [0.2, 0.25) is 11.8 Å². The van der Waals surface area contributed by atoms with Gasteiger partial charge in [-0.05, 0) is 46.2 Å². The molecule has 0 unspecified atom stereocenters. The number of hydrogen-bond acceptors (Lipinski definition) is 5. The van der Waals surface area contributed by atoms with Crippen molar-refractivity contribution in [2.75, 3.05) is 40.3 Å². The Morgan fingerprint density at radius 3 is 2.40 bits per heavy atom. The number of carbonyl (C=O) groups excluding carboxylic acids is 2. The number of likely N-dealkylation sites (tertiary alicyclic amines) is 2. The first kappa shape index (κ1) is 17.9.